The third-order valence-corrected chi connectivity index (χ3v) is 3.55. The topological polar surface area (TPSA) is 67.4 Å². The number of nitrogens with one attached hydrogen (secondary N) is 2. The normalized spacial score (nSPS) is 11.3. The molecule has 2 N–H and O–H groups in total. The van der Waals surface area contributed by atoms with Crippen LogP contribution in [0.25, 0.3) is 0 Å². The molecule has 0 heterocycles. The lowest BCUT2D eigenvalue weighted by Gasteiger charge is -2.18. The molecular formula is C19H18F2N2O3. The summed E-state index contributed by atoms with van der Waals surface area (Å²) in [7, 11) is 1.38. The number of amides is 2. The number of carbonyl (C=O) groups excluding carboxylic acids is 2. The number of carbonyl (C=O) groups is 2. The van der Waals surface area contributed by atoms with Gasteiger partial charge in [0, 0.05) is 12.6 Å². The SMILES string of the molecule is C=CCOc1ccc(C(=O)NC(C(=O)NC)c2ccc(F)c(F)c2)cc1. The molecule has 0 aromatic heterocycles. The Labute approximate surface area is 149 Å². The van der Waals surface area contributed by atoms with Gasteiger partial charge in [-0.15, -0.1) is 0 Å². The smallest absolute Gasteiger partial charge is 0.252 e. The first kappa shape index (κ1) is 19.1. The van der Waals surface area contributed by atoms with E-state index >= 15 is 0 Å². The predicted molar refractivity (Wildman–Crippen MR) is 92.8 cm³/mol. The van der Waals surface area contributed by atoms with Crippen LogP contribution in [0.15, 0.2) is 55.1 Å². The first-order valence-electron chi connectivity index (χ1n) is 7.77. The van der Waals surface area contributed by atoms with E-state index < -0.39 is 29.5 Å². The molecule has 7 heteroatoms. The Morgan fingerprint density at radius 2 is 1.85 bits per heavy atom. The number of likely N-dealkylation sites (N-methyl/N-ethyl adjacent to an activating group) is 1. The molecule has 0 radical (unpaired) electrons. The van der Waals surface area contributed by atoms with Gasteiger partial charge in [0.2, 0.25) is 5.91 Å². The molecule has 2 aromatic rings. The van der Waals surface area contributed by atoms with Crippen LogP contribution in [0, 0.1) is 11.6 Å². The molecule has 0 aliphatic rings. The third-order valence-electron chi connectivity index (χ3n) is 3.55. The van der Waals surface area contributed by atoms with Crippen molar-refractivity contribution in [2.45, 2.75) is 6.04 Å². The van der Waals surface area contributed by atoms with Gasteiger partial charge >= 0.3 is 0 Å². The molecule has 0 bridgehead atoms. The number of ether oxygens (including phenoxy) is 1. The van der Waals surface area contributed by atoms with Gasteiger partial charge < -0.3 is 15.4 Å². The highest BCUT2D eigenvalue weighted by atomic mass is 19.2. The quantitative estimate of drug-likeness (QED) is 0.746. The van der Waals surface area contributed by atoms with Crippen LogP contribution >= 0.6 is 0 Å². The highest BCUT2D eigenvalue weighted by molar-refractivity contribution is 5.97. The van der Waals surface area contributed by atoms with E-state index in [1.165, 1.54) is 25.2 Å². The zero-order valence-corrected chi connectivity index (χ0v) is 14.1. The summed E-state index contributed by atoms with van der Waals surface area (Å²) in [4.78, 5) is 24.5. The van der Waals surface area contributed by atoms with Crippen LogP contribution < -0.4 is 15.4 Å². The lowest BCUT2D eigenvalue weighted by atomic mass is 10.0. The van der Waals surface area contributed by atoms with Gasteiger partial charge in [-0.05, 0) is 42.0 Å². The summed E-state index contributed by atoms with van der Waals surface area (Å²) in [5.41, 5.74) is 0.412. The predicted octanol–water partition coefficient (Wildman–Crippen LogP) is 2.75. The maximum absolute atomic E-state index is 13.5. The summed E-state index contributed by atoms with van der Waals surface area (Å²) in [5, 5.41) is 4.90. The Morgan fingerprint density at radius 3 is 2.42 bits per heavy atom. The lowest BCUT2D eigenvalue weighted by Crippen LogP contribution is -2.39. The van der Waals surface area contributed by atoms with Crippen molar-refractivity contribution in [3.63, 3.8) is 0 Å². The maximum Gasteiger partial charge on any atom is 0.252 e. The fourth-order valence-electron chi connectivity index (χ4n) is 2.21. The van der Waals surface area contributed by atoms with Gasteiger partial charge in [-0.2, -0.15) is 0 Å². The molecule has 0 saturated carbocycles. The first-order chi connectivity index (χ1) is 12.5. The Kier molecular flexibility index (Phi) is 6.43. The Hall–Kier alpha value is -3.22. The van der Waals surface area contributed by atoms with Crippen molar-refractivity contribution in [2.75, 3.05) is 13.7 Å². The molecule has 2 amide bonds. The summed E-state index contributed by atoms with van der Waals surface area (Å²) >= 11 is 0. The standard InChI is InChI=1S/C19H18F2N2O3/c1-3-10-26-14-7-4-12(5-8-14)18(24)23-17(19(25)22-2)13-6-9-15(20)16(21)11-13/h3-9,11,17H,1,10H2,2H3,(H,22,25)(H,23,24). The van der Waals surface area contributed by atoms with Gasteiger partial charge in [0.1, 0.15) is 18.4 Å². The van der Waals surface area contributed by atoms with Crippen molar-refractivity contribution in [3.05, 3.63) is 77.9 Å². The van der Waals surface area contributed by atoms with E-state index in [4.69, 9.17) is 4.74 Å². The zero-order chi connectivity index (χ0) is 19.1. The van der Waals surface area contributed by atoms with Gasteiger partial charge in [-0.3, -0.25) is 9.59 Å². The number of rotatable bonds is 7. The first-order valence-corrected chi connectivity index (χ1v) is 7.77. The minimum atomic E-state index is -1.17. The van der Waals surface area contributed by atoms with Crippen LogP contribution in [-0.2, 0) is 4.79 Å². The molecule has 26 heavy (non-hydrogen) atoms. The molecule has 5 nitrogen and oxygen atoms in total. The maximum atomic E-state index is 13.5. The van der Waals surface area contributed by atoms with Gasteiger partial charge in [-0.1, -0.05) is 18.7 Å². The van der Waals surface area contributed by atoms with Crippen molar-refractivity contribution in [2.24, 2.45) is 0 Å². The van der Waals surface area contributed by atoms with E-state index in [0.717, 1.165) is 12.1 Å². The van der Waals surface area contributed by atoms with E-state index in [-0.39, 0.29) is 11.1 Å². The van der Waals surface area contributed by atoms with Crippen LogP contribution in [0.2, 0.25) is 0 Å². The number of benzene rings is 2. The highest BCUT2D eigenvalue weighted by Gasteiger charge is 2.23. The van der Waals surface area contributed by atoms with Crippen molar-refractivity contribution >= 4 is 11.8 Å². The van der Waals surface area contributed by atoms with Crippen LogP contribution in [0.1, 0.15) is 22.0 Å². The second-order valence-corrected chi connectivity index (χ2v) is 5.32. The summed E-state index contributed by atoms with van der Waals surface area (Å²) < 4.78 is 31.9. The van der Waals surface area contributed by atoms with Crippen LogP contribution in [-0.4, -0.2) is 25.5 Å². The van der Waals surface area contributed by atoms with Gasteiger partial charge in [0.25, 0.3) is 5.91 Å². The number of hydrogen-bond donors (Lipinski definition) is 2. The molecule has 0 aliphatic carbocycles. The number of hydrogen-bond acceptors (Lipinski definition) is 3. The fourth-order valence-corrected chi connectivity index (χ4v) is 2.21. The number of halogens is 2. The zero-order valence-electron chi connectivity index (χ0n) is 14.1. The van der Waals surface area contributed by atoms with E-state index in [0.29, 0.717) is 12.4 Å². The van der Waals surface area contributed by atoms with E-state index in [1.807, 2.05) is 0 Å². The van der Waals surface area contributed by atoms with Crippen LogP contribution in [0.4, 0.5) is 8.78 Å². The Bertz CT molecular complexity index is 807. The third kappa shape index (κ3) is 4.66. The highest BCUT2D eigenvalue weighted by Crippen LogP contribution is 2.18. The molecule has 2 rings (SSSR count). The van der Waals surface area contributed by atoms with E-state index in [1.54, 1.807) is 18.2 Å². The second kappa shape index (κ2) is 8.75. The minimum absolute atomic E-state index is 0.127. The Balaban J connectivity index is 2.19. The summed E-state index contributed by atoms with van der Waals surface area (Å²) in [5.74, 6) is -2.68. The molecule has 136 valence electrons. The molecule has 0 fully saturated rings. The Morgan fingerprint density at radius 1 is 1.15 bits per heavy atom. The average molecular weight is 360 g/mol. The van der Waals surface area contributed by atoms with E-state index in [2.05, 4.69) is 17.2 Å². The lowest BCUT2D eigenvalue weighted by molar-refractivity contribution is -0.122. The van der Waals surface area contributed by atoms with Gasteiger partial charge in [0.05, 0.1) is 0 Å². The average Bonchev–Trinajstić information content (AvgIpc) is 2.66. The molecule has 0 spiro atoms. The summed E-state index contributed by atoms with van der Waals surface area (Å²) in [6.45, 7) is 3.88. The summed E-state index contributed by atoms with van der Waals surface area (Å²) in [6, 6.07) is 8.11. The van der Waals surface area contributed by atoms with Crippen molar-refractivity contribution < 1.29 is 23.1 Å². The largest absolute Gasteiger partial charge is 0.490 e. The minimum Gasteiger partial charge on any atom is -0.490 e. The monoisotopic (exact) mass is 360 g/mol. The van der Waals surface area contributed by atoms with Crippen LogP contribution in [0.5, 0.6) is 5.75 Å². The summed E-state index contributed by atoms with van der Waals surface area (Å²) in [6.07, 6.45) is 1.59. The van der Waals surface area contributed by atoms with Gasteiger partial charge in [0.15, 0.2) is 11.6 Å². The van der Waals surface area contributed by atoms with Crippen LogP contribution in [0.3, 0.4) is 0 Å². The van der Waals surface area contributed by atoms with E-state index in [9.17, 15) is 18.4 Å². The van der Waals surface area contributed by atoms with Crippen molar-refractivity contribution in [1.82, 2.24) is 10.6 Å². The molecule has 0 saturated heterocycles. The molecule has 1 unspecified atom stereocenters. The van der Waals surface area contributed by atoms with Crippen molar-refractivity contribution in [1.29, 1.82) is 0 Å². The molecule has 0 aliphatic heterocycles. The fraction of sp³-hybridized carbons (Fsp3) is 0.158. The molecule has 2 aromatic carbocycles. The van der Waals surface area contributed by atoms with Crippen molar-refractivity contribution in [3.8, 4) is 5.75 Å². The molecule has 1 atom stereocenters. The molecular weight excluding hydrogens is 342 g/mol. The van der Waals surface area contributed by atoms with Gasteiger partial charge in [-0.25, -0.2) is 8.78 Å². The second-order valence-electron chi connectivity index (χ2n) is 5.32.